The van der Waals surface area contributed by atoms with E-state index >= 15 is 0 Å². The van der Waals surface area contributed by atoms with Crippen molar-refractivity contribution in [2.75, 3.05) is 19.5 Å². The van der Waals surface area contributed by atoms with E-state index in [4.69, 9.17) is 21.1 Å². The standard InChI is InChI=1S/C20H20ClN3O3/c1-12-19(13(2)24(23-12)14-8-6-5-7-9-14)20(25)22-16-11-17(26-3)15(21)10-18(16)27-4/h5-11H,1-4H3,(H,22,25). The topological polar surface area (TPSA) is 65.4 Å². The van der Waals surface area contributed by atoms with Crippen LogP contribution in [-0.4, -0.2) is 29.9 Å². The Kier molecular flexibility index (Phi) is 5.37. The van der Waals surface area contributed by atoms with Crippen LogP contribution in [0.1, 0.15) is 21.7 Å². The van der Waals surface area contributed by atoms with Crippen LogP contribution in [0.3, 0.4) is 0 Å². The molecule has 0 unspecified atom stereocenters. The van der Waals surface area contributed by atoms with Gasteiger partial charge in [0, 0.05) is 12.1 Å². The molecule has 1 amide bonds. The molecule has 27 heavy (non-hydrogen) atoms. The van der Waals surface area contributed by atoms with E-state index in [0.29, 0.717) is 33.5 Å². The van der Waals surface area contributed by atoms with Crippen LogP contribution in [0.15, 0.2) is 42.5 Å². The highest BCUT2D eigenvalue weighted by Gasteiger charge is 2.21. The van der Waals surface area contributed by atoms with E-state index in [1.165, 1.54) is 14.2 Å². The fourth-order valence-electron chi connectivity index (χ4n) is 2.93. The average molecular weight is 386 g/mol. The molecule has 2 aromatic carbocycles. The lowest BCUT2D eigenvalue weighted by molar-refractivity contribution is 0.102. The molecule has 3 rings (SSSR count). The average Bonchev–Trinajstić information content (AvgIpc) is 2.97. The summed E-state index contributed by atoms with van der Waals surface area (Å²) in [4.78, 5) is 13.0. The van der Waals surface area contributed by atoms with Crippen LogP contribution in [0.2, 0.25) is 5.02 Å². The van der Waals surface area contributed by atoms with Gasteiger partial charge in [0.2, 0.25) is 0 Å². The highest BCUT2D eigenvalue weighted by molar-refractivity contribution is 6.32. The van der Waals surface area contributed by atoms with Gasteiger partial charge in [-0.15, -0.1) is 0 Å². The molecule has 0 fully saturated rings. The van der Waals surface area contributed by atoms with Gasteiger partial charge >= 0.3 is 0 Å². The SMILES string of the molecule is COc1cc(NC(=O)c2c(C)nn(-c3ccccc3)c2C)c(OC)cc1Cl. The number of benzene rings is 2. The summed E-state index contributed by atoms with van der Waals surface area (Å²) >= 11 is 6.12. The summed E-state index contributed by atoms with van der Waals surface area (Å²) in [6.07, 6.45) is 0. The summed E-state index contributed by atoms with van der Waals surface area (Å²) in [5, 5.41) is 7.78. The minimum Gasteiger partial charge on any atom is -0.495 e. The van der Waals surface area contributed by atoms with Crippen molar-refractivity contribution in [3.63, 3.8) is 0 Å². The smallest absolute Gasteiger partial charge is 0.259 e. The molecule has 0 radical (unpaired) electrons. The number of carbonyl (C=O) groups is 1. The number of nitrogens with zero attached hydrogens (tertiary/aromatic N) is 2. The number of aryl methyl sites for hydroxylation is 1. The first kappa shape index (κ1) is 18.8. The van der Waals surface area contributed by atoms with Gasteiger partial charge in [0.25, 0.3) is 5.91 Å². The third kappa shape index (κ3) is 3.61. The summed E-state index contributed by atoms with van der Waals surface area (Å²) in [5.74, 6) is 0.607. The van der Waals surface area contributed by atoms with Crippen LogP contribution in [0.25, 0.3) is 5.69 Å². The Balaban J connectivity index is 1.97. The number of ether oxygens (including phenoxy) is 2. The number of nitrogens with one attached hydrogen (secondary N) is 1. The maximum Gasteiger partial charge on any atom is 0.259 e. The molecule has 0 aliphatic carbocycles. The number of rotatable bonds is 5. The third-order valence-corrected chi connectivity index (χ3v) is 4.54. The molecular formula is C20H20ClN3O3. The molecule has 1 aromatic heterocycles. The van der Waals surface area contributed by atoms with E-state index in [0.717, 1.165) is 11.4 Å². The van der Waals surface area contributed by atoms with Crippen LogP contribution >= 0.6 is 11.6 Å². The number of carbonyl (C=O) groups excluding carboxylic acids is 1. The monoisotopic (exact) mass is 385 g/mol. The summed E-state index contributed by atoms with van der Waals surface area (Å²) in [5.41, 5.74) is 3.25. The predicted molar refractivity (Wildman–Crippen MR) is 106 cm³/mol. The molecule has 3 aromatic rings. The first-order valence-corrected chi connectivity index (χ1v) is 8.68. The van der Waals surface area contributed by atoms with Gasteiger partial charge in [0.05, 0.1) is 47.6 Å². The van der Waals surface area contributed by atoms with Crippen LogP contribution in [0.5, 0.6) is 11.5 Å². The Bertz CT molecular complexity index is 984. The molecule has 140 valence electrons. The van der Waals surface area contributed by atoms with Gasteiger partial charge in [-0.25, -0.2) is 4.68 Å². The highest BCUT2D eigenvalue weighted by atomic mass is 35.5. The van der Waals surface area contributed by atoms with Crippen molar-refractivity contribution < 1.29 is 14.3 Å². The molecule has 1 heterocycles. The number of aromatic nitrogens is 2. The molecule has 0 spiro atoms. The molecule has 0 bridgehead atoms. The fraction of sp³-hybridized carbons (Fsp3) is 0.200. The third-order valence-electron chi connectivity index (χ3n) is 4.24. The summed E-state index contributed by atoms with van der Waals surface area (Å²) in [6.45, 7) is 3.67. The summed E-state index contributed by atoms with van der Waals surface area (Å²) < 4.78 is 12.3. The van der Waals surface area contributed by atoms with Gasteiger partial charge < -0.3 is 14.8 Å². The van der Waals surface area contributed by atoms with Gasteiger partial charge in [0.15, 0.2) is 0 Å². The zero-order valence-electron chi connectivity index (χ0n) is 15.5. The Hall–Kier alpha value is -2.99. The number of hydrogen-bond donors (Lipinski definition) is 1. The summed E-state index contributed by atoms with van der Waals surface area (Å²) in [7, 11) is 3.02. The highest BCUT2D eigenvalue weighted by Crippen LogP contribution is 2.36. The first-order chi connectivity index (χ1) is 13.0. The number of methoxy groups -OCH3 is 2. The van der Waals surface area contributed by atoms with Crippen molar-refractivity contribution in [2.24, 2.45) is 0 Å². The minimum atomic E-state index is -0.283. The van der Waals surface area contributed by atoms with Crippen molar-refractivity contribution in [1.82, 2.24) is 9.78 Å². The zero-order chi connectivity index (χ0) is 19.6. The van der Waals surface area contributed by atoms with Crippen LogP contribution in [0, 0.1) is 13.8 Å². The van der Waals surface area contributed by atoms with Crippen LogP contribution < -0.4 is 14.8 Å². The maximum atomic E-state index is 13.0. The zero-order valence-corrected chi connectivity index (χ0v) is 16.3. The van der Waals surface area contributed by atoms with Crippen LogP contribution in [0.4, 0.5) is 5.69 Å². The van der Waals surface area contributed by atoms with Crippen LogP contribution in [-0.2, 0) is 0 Å². The van der Waals surface area contributed by atoms with E-state index in [1.807, 2.05) is 37.3 Å². The van der Waals surface area contributed by atoms with Gasteiger partial charge in [-0.05, 0) is 26.0 Å². The number of para-hydroxylation sites is 1. The van der Waals surface area contributed by atoms with E-state index in [2.05, 4.69) is 10.4 Å². The van der Waals surface area contributed by atoms with Gasteiger partial charge in [-0.2, -0.15) is 5.10 Å². The molecule has 7 heteroatoms. The van der Waals surface area contributed by atoms with Gasteiger partial charge in [0.1, 0.15) is 11.5 Å². The lowest BCUT2D eigenvalue weighted by Crippen LogP contribution is -2.15. The van der Waals surface area contributed by atoms with E-state index in [1.54, 1.807) is 23.7 Å². The van der Waals surface area contributed by atoms with E-state index < -0.39 is 0 Å². The Morgan fingerprint density at radius 1 is 1.07 bits per heavy atom. The van der Waals surface area contributed by atoms with Gasteiger partial charge in [-0.3, -0.25) is 4.79 Å². The lowest BCUT2D eigenvalue weighted by Gasteiger charge is -2.13. The lowest BCUT2D eigenvalue weighted by atomic mass is 10.1. The second-order valence-electron chi connectivity index (χ2n) is 5.93. The Labute approximate surface area is 162 Å². The van der Waals surface area contributed by atoms with E-state index in [9.17, 15) is 4.79 Å². The number of amides is 1. The van der Waals surface area contributed by atoms with Crippen molar-refractivity contribution in [1.29, 1.82) is 0 Å². The van der Waals surface area contributed by atoms with Crippen molar-refractivity contribution >= 4 is 23.2 Å². The minimum absolute atomic E-state index is 0.283. The number of halogens is 1. The number of anilines is 1. The Morgan fingerprint density at radius 3 is 2.37 bits per heavy atom. The largest absolute Gasteiger partial charge is 0.495 e. The van der Waals surface area contributed by atoms with Gasteiger partial charge in [-0.1, -0.05) is 29.8 Å². The molecule has 0 atom stereocenters. The first-order valence-electron chi connectivity index (χ1n) is 8.30. The fourth-order valence-corrected chi connectivity index (χ4v) is 3.17. The van der Waals surface area contributed by atoms with E-state index in [-0.39, 0.29) is 5.91 Å². The molecule has 0 aliphatic heterocycles. The second kappa shape index (κ2) is 7.72. The maximum absolute atomic E-state index is 13.0. The molecule has 0 saturated heterocycles. The normalized spacial score (nSPS) is 10.6. The Morgan fingerprint density at radius 2 is 1.74 bits per heavy atom. The summed E-state index contributed by atoms with van der Waals surface area (Å²) in [6, 6.07) is 12.9. The van der Waals surface area contributed by atoms with Crippen molar-refractivity contribution in [3.8, 4) is 17.2 Å². The molecule has 0 saturated carbocycles. The van der Waals surface area contributed by atoms with Crippen molar-refractivity contribution in [2.45, 2.75) is 13.8 Å². The van der Waals surface area contributed by atoms with Crippen molar-refractivity contribution in [3.05, 3.63) is 64.4 Å². The molecule has 6 nitrogen and oxygen atoms in total. The second-order valence-corrected chi connectivity index (χ2v) is 6.34. The molecule has 0 aliphatic rings. The predicted octanol–water partition coefficient (Wildman–Crippen LogP) is 4.41. The molecular weight excluding hydrogens is 366 g/mol. The number of hydrogen-bond acceptors (Lipinski definition) is 4. The molecule has 1 N–H and O–H groups in total. The quantitative estimate of drug-likeness (QED) is 0.706.